The van der Waals surface area contributed by atoms with Gasteiger partial charge < -0.3 is 15.5 Å². The van der Waals surface area contributed by atoms with Crippen LogP contribution >= 0.6 is 24.0 Å². The number of carbonyl (C=O) groups excluding carboxylic acids is 1. The highest BCUT2D eigenvalue weighted by Gasteiger charge is 2.18. The highest BCUT2D eigenvalue weighted by atomic mass is 127. The molecule has 0 aliphatic carbocycles. The first-order valence-electron chi connectivity index (χ1n) is 9.16. The van der Waals surface area contributed by atoms with Gasteiger partial charge >= 0.3 is 0 Å². The van der Waals surface area contributed by atoms with Crippen LogP contribution in [-0.2, 0) is 21.4 Å². The van der Waals surface area contributed by atoms with Crippen molar-refractivity contribution in [1.82, 2.24) is 19.8 Å². The maximum atomic E-state index is 12.1. The molecule has 1 saturated heterocycles. The number of benzene rings is 1. The second kappa shape index (κ2) is 11.6. The average Bonchev–Trinajstić information content (AvgIpc) is 3.19. The van der Waals surface area contributed by atoms with Crippen LogP contribution in [0.2, 0.25) is 0 Å². The summed E-state index contributed by atoms with van der Waals surface area (Å²) < 4.78 is 25.4. The number of rotatable bonds is 7. The first-order valence-corrected chi connectivity index (χ1v) is 10.6. The van der Waals surface area contributed by atoms with Gasteiger partial charge in [0, 0.05) is 33.7 Å². The Bertz CT molecular complexity index is 760. The maximum Gasteiger partial charge on any atom is 0.242 e. The first-order chi connectivity index (χ1) is 12.8. The quantitative estimate of drug-likeness (QED) is 0.319. The summed E-state index contributed by atoms with van der Waals surface area (Å²) in [4.78, 5) is 18.7. The second-order valence-corrected chi connectivity index (χ2v) is 8.72. The molecular weight excluding hydrogens is 493 g/mol. The minimum absolute atomic E-state index is 0. The van der Waals surface area contributed by atoms with Gasteiger partial charge in [0.15, 0.2) is 5.96 Å². The fraction of sp³-hybridized carbons (Fsp3) is 0.556. The topological polar surface area (TPSA) is 94.1 Å². The number of hydrogen-bond acceptors (Lipinski definition) is 4. The minimum atomic E-state index is -3.43. The third-order valence-electron chi connectivity index (χ3n) is 4.33. The molecule has 1 fully saturated rings. The summed E-state index contributed by atoms with van der Waals surface area (Å²) in [6, 6.07) is 6.66. The number of nitrogens with one attached hydrogen (secondary N) is 2. The third kappa shape index (κ3) is 6.89. The Kier molecular flexibility index (Phi) is 10.2. The predicted molar refractivity (Wildman–Crippen MR) is 121 cm³/mol. The maximum absolute atomic E-state index is 12.1. The number of sulfonamides is 1. The van der Waals surface area contributed by atoms with Gasteiger partial charge in [-0.25, -0.2) is 17.7 Å². The zero-order chi connectivity index (χ0) is 19.9. The zero-order valence-corrected chi connectivity index (χ0v) is 19.8. The smallest absolute Gasteiger partial charge is 0.242 e. The van der Waals surface area contributed by atoms with Gasteiger partial charge in [-0.05, 0) is 37.5 Å². The SMILES string of the molecule is CCNC(=NCc1ccc(S(=O)(=O)N(C)C)cc1)NCC(=O)N1CCCC1.I. The predicted octanol–water partition coefficient (Wildman–Crippen LogP) is 1.23. The van der Waals surface area contributed by atoms with Crippen LogP contribution in [0.25, 0.3) is 0 Å². The molecule has 0 spiro atoms. The summed E-state index contributed by atoms with van der Waals surface area (Å²) in [5.41, 5.74) is 0.885. The van der Waals surface area contributed by atoms with Crippen molar-refractivity contribution in [2.45, 2.75) is 31.2 Å². The normalized spacial score (nSPS) is 14.7. The van der Waals surface area contributed by atoms with Gasteiger partial charge in [-0.15, -0.1) is 24.0 Å². The van der Waals surface area contributed by atoms with Crippen LogP contribution in [0.4, 0.5) is 0 Å². The number of carbonyl (C=O) groups is 1. The van der Waals surface area contributed by atoms with Crippen molar-refractivity contribution in [3.63, 3.8) is 0 Å². The van der Waals surface area contributed by atoms with E-state index in [4.69, 9.17) is 0 Å². The molecular formula is C18H30IN5O3S. The molecule has 8 nitrogen and oxygen atoms in total. The number of nitrogens with zero attached hydrogens (tertiary/aromatic N) is 3. The van der Waals surface area contributed by atoms with Gasteiger partial charge in [-0.2, -0.15) is 0 Å². The van der Waals surface area contributed by atoms with E-state index in [9.17, 15) is 13.2 Å². The summed E-state index contributed by atoms with van der Waals surface area (Å²) in [6.07, 6.45) is 2.14. The van der Waals surface area contributed by atoms with Gasteiger partial charge in [-0.1, -0.05) is 12.1 Å². The Labute approximate surface area is 184 Å². The number of halogens is 1. The number of hydrogen-bond donors (Lipinski definition) is 2. The lowest BCUT2D eigenvalue weighted by molar-refractivity contribution is -0.128. The fourth-order valence-electron chi connectivity index (χ4n) is 2.73. The van der Waals surface area contributed by atoms with Gasteiger partial charge in [0.05, 0.1) is 18.0 Å². The molecule has 1 aromatic rings. The monoisotopic (exact) mass is 523 g/mol. The molecule has 1 aliphatic rings. The van der Waals surface area contributed by atoms with Crippen molar-refractivity contribution in [3.05, 3.63) is 29.8 Å². The molecule has 0 aromatic heterocycles. The van der Waals surface area contributed by atoms with Gasteiger partial charge in [0.25, 0.3) is 0 Å². The molecule has 0 saturated carbocycles. The van der Waals surface area contributed by atoms with E-state index >= 15 is 0 Å². The zero-order valence-electron chi connectivity index (χ0n) is 16.6. The van der Waals surface area contributed by atoms with E-state index in [-0.39, 0.29) is 41.3 Å². The van der Waals surface area contributed by atoms with Crippen molar-refractivity contribution in [2.24, 2.45) is 4.99 Å². The Morgan fingerprint density at radius 2 is 1.75 bits per heavy atom. The molecule has 1 aromatic carbocycles. The summed E-state index contributed by atoms with van der Waals surface area (Å²) in [5, 5.41) is 6.18. The Hall–Kier alpha value is -1.40. The second-order valence-electron chi connectivity index (χ2n) is 6.57. The molecule has 0 unspecified atom stereocenters. The van der Waals surface area contributed by atoms with Crippen molar-refractivity contribution in [2.75, 3.05) is 40.3 Å². The standard InChI is InChI=1S/C18H29N5O3S.HI/c1-4-19-18(21-14-17(24)23-11-5-6-12-23)20-13-15-7-9-16(10-8-15)27(25,26)22(2)3;/h7-10H,4-6,11-14H2,1-3H3,(H2,19,20,21);1H. The van der Waals surface area contributed by atoms with E-state index in [0.29, 0.717) is 19.0 Å². The van der Waals surface area contributed by atoms with Gasteiger partial charge in [0.2, 0.25) is 15.9 Å². The summed E-state index contributed by atoms with van der Waals surface area (Å²) in [6.45, 7) is 4.90. The number of guanidine groups is 1. The molecule has 0 bridgehead atoms. The van der Waals surface area contributed by atoms with E-state index in [2.05, 4.69) is 15.6 Å². The highest BCUT2D eigenvalue weighted by Crippen LogP contribution is 2.14. The lowest BCUT2D eigenvalue weighted by atomic mass is 10.2. The van der Waals surface area contributed by atoms with Crippen LogP contribution in [0.1, 0.15) is 25.3 Å². The van der Waals surface area contributed by atoms with Crippen LogP contribution in [0.3, 0.4) is 0 Å². The van der Waals surface area contributed by atoms with Crippen molar-refractivity contribution in [1.29, 1.82) is 0 Å². The van der Waals surface area contributed by atoms with E-state index in [1.807, 2.05) is 11.8 Å². The van der Waals surface area contributed by atoms with Crippen LogP contribution in [0.5, 0.6) is 0 Å². The van der Waals surface area contributed by atoms with E-state index in [0.717, 1.165) is 31.5 Å². The molecule has 1 amide bonds. The van der Waals surface area contributed by atoms with Crippen LogP contribution in [0, 0.1) is 0 Å². The molecule has 1 heterocycles. The minimum Gasteiger partial charge on any atom is -0.357 e. The molecule has 0 atom stereocenters. The Balaban J connectivity index is 0.00000392. The summed E-state index contributed by atoms with van der Waals surface area (Å²) in [7, 11) is -0.419. The van der Waals surface area contributed by atoms with Crippen LogP contribution in [0.15, 0.2) is 34.2 Å². The van der Waals surface area contributed by atoms with Crippen molar-refractivity contribution >= 4 is 45.9 Å². The van der Waals surface area contributed by atoms with Crippen LogP contribution in [-0.4, -0.2) is 69.8 Å². The summed E-state index contributed by atoms with van der Waals surface area (Å²) >= 11 is 0. The Morgan fingerprint density at radius 3 is 2.29 bits per heavy atom. The lowest BCUT2D eigenvalue weighted by Crippen LogP contribution is -2.44. The van der Waals surface area contributed by atoms with Crippen molar-refractivity contribution in [3.8, 4) is 0 Å². The summed E-state index contributed by atoms with van der Waals surface area (Å²) in [5.74, 6) is 0.645. The van der Waals surface area contributed by atoms with E-state index in [1.54, 1.807) is 24.3 Å². The molecule has 0 radical (unpaired) electrons. The number of aliphatic imine (C=N–C) groups is 1. The van der Waals surface area contributed by atoms with Gasteiger partial charge in [-0.3, -0.25) is 4.79 Å². The van der Waals surface area contributed by atoms with Crippen molar-refractivity contribution < 1.29 is 13.2 Å². The Morgan fingerprint density at radius 1 is 1.14 bits per heavy atom. The lowest BCUT2D eigenvalue weighted by Gasteiger charge is -2.17. The number of likely N-dealkylation sites (tertiary alicyclic amines) is 1. The molecule has 2 N–H and O–H groups in total. The highest BCUT2D eigenvalue weighted by molar-refractivity contribution is 14.0. The molecule has 10 heteroatoms. The number of amides is 1. The molecule has 2 rings (SSSR count). The molecule has 28 heavy (non-hydrogen) atoms. The van der Waals surface area contributed by atoms with E-state index in [1.165, 1.54) is 18.4 Å². The van der Waals surface area contributed by atoms with E-state index < -0.39 is 10.0 Å². The fourth-order valence-corrected chi connectivity index (χ4v) is 3.63. The molecule has 1 aliphatic heterocycles. The largest absolute Gasteiger partial charge is 0.357 e. The molecule has 158 valence electrons. The average molecular weight is 523 g/mol. The van der Waals surface area contributed by atoms with Gasteiger partial charge in [0.1, 0.15) is 0 Å². The third-order valence-corrected chi connectivity index (χ3v) is 6.16. The first kappa shape index (κ1) is 24.6. The van der Waals surface area contributed by atoms with Crippen LogP contribution < -0.4 is 10.6 Å².